The van der Waals surface area contributed by atoms with Crippen molar-refractivity contribution in [2.45, 2.75) is 26.2 Å². The number of amides is 1. The highest BCUT2D eigenvalue weighted by atomic mass is 16.5. The highest BCUT2D eigenvalue weighted by Crippen LogP contribution is 2.12. The zero-order valence-electron chi connectivity index (χ0n) is 11.7. The summed E-state index contributed by atoms with van der Waals surface area (Å²) in [4.78, 5) is 11.7. The predicted octanol–water partition coefficient (Wildman–Crippen LogP) is 1.76. The SMILES string of the molecule is COc1cccc(CC(=O)NCCCC(C)CO)c1. The average molecular weight is 265 g/mol. The van der Waals surface area contributed by atoms with Gasteiger partial charge in [-0.15, -0.1) is 0 Å². The number of carbonyl (C=O) groups is 1. The van der Waals surface area contributed by atoms with Gasteiger partial charge in [0.2, 0.25) is 5.91 Å². The standard InChI is InChI=1S/C15H23NO3/c1-12(11-17)5-4-8-16-15(18)10-13-6-3-7-14(9-13)19-2/h3,6-7,9,12,17H,4-5,8,10-11H2,1-2H3,(H,16,18). The van der Waals surface area contributed by atoms with E-state index in [4.69, 9.17) is 9.84 Å². The molecule has 0 aliphatic rings. The van der Waals surface area contributed by atoms with Crippen LogP contribution in [0, 0.1) is 5.92 Å². The summed E-state index contributed by atoms with van der Waals surface area (Å²) in [5.74, 6) is 1.09. The summed E-state index contributed by atoms with van der Waals surface area (Å²) in [5.41, 5.74) is 0.945. The van der Waals surface area contributed by atoms with Crippen LogP contribution in [-0.4, -0.2) is 31.3 Å². The molecule has 106 valence electrons. The van der Waals surface area contributed by atoms with E-state index < -0.39 is 0 Å². The molecule has 4 nitrogen and oxygen atoms in total. The summed E-state index contributed by atoms with van der Waals surface area (Å²) in [6, 6.07) is 7.52. The fraction of sp³-hybridized carbons (Fsp3) is 0.533. The molecule has 19 heavy (non-hydrogen) atoms. The molecule has 0 bridgehead atoms. The number of methoxy groups -OCH3 is 1. The van der Waals surface area contributed by atoms with Crippen LogP contribution in [0.3, 0.4) is 0 Å². The van der Waals surface area contributed by atoms with Crippen LogP contribution >= 0.6 is 0 Å². The van der Waals surface area contributed by atoms with E-state index in [0.29, 0.717) is 18.9 Å². The summed E-state index contributed by atoms with van der Waals surface area (Å²) < 4.78 is 5.12. The van der Waals surface area contributed by atoms with E-state index in [1.54, 1.807) is 7.11 Å². The van der Waals surface area contributed by atoms with Gasteiger partial charge < -0.3 is 15.2 Å². The number of aliphatic hydroxyl groups excluding tert-OH is 1. The maximum Gasteiger partial charge on any atom is 0.224 e. The minimum atomic E-state index is 0.0184. The van der Waals surface area contributed by atoms with Crippen molar-refractivity contribution >= 4 is 5.91 Å². The number of hydrogen-bond acceptors (Lipinski definition) is 3. The number of benzene rings is 1. The average Bonchev–Trinajstić information content (AvgIpc) is 2.43. The van der Waals surface area contributed by atoms with Crippen LogP contribution in [0.4, 0.5) is 0 Å². The number of carbonyl (C=O) groups excluding carboxylic acids is 1. The Balaban J connectivity index is 2.27. The first-order valence-electron chi connectivity index (χ1n) is 6.66. The molecule has 1 atom stereocenters. The van der Waals surface area contributed by atoms with Crippen LogP contribution in [0.25, 0.3) is 0 Å². The van der Waals surface area contributed by atoms with Gasteiger partial charge in [-0.05, 0) is 36.5 Å². The van der Waals surface area contributed by atoms with Crippen LogP contribution in [0.5, 0.6) is 5.75 Å². The highest BCUT2D eigenvalue weighted by molar-refractivity contribution is 5.78. The molecule has 0 fully saturated rings. The molecular weight excluding hydrogens is 242 g/mol. The lowest BCUT2D eigenvalue weighted by Crippen LogP contribution is -2.26. The lowest BCUT2D eigenvalue weighted by atomic mass is 10.1. The quantitative estimate of drug-likeness (QED) is 0.704. The summed E-state index contributed by atoms with van der Waals surface area (Å²) in [6.07, 6.45) is 2.19. The third kappa shape index (κ3) is 6.25. The minimum Gasteiger partial charge on any atom is -0.497 e. The van der Waals surface area contributed by atoms with Gasteiger partial charge in [-0.3, -0.25) is 4.79 Å². The third-order valence-corrected chi connectivity index (χ3v) is 3.01. The van der Waals surface area contributed by atoms with Gasteiger partial charge in [-0.2, -0.15) is 0 Å². The van der Waals surface area contributed by atoms with Crippen LogP contribution in [0.15, 0.2) is 24.3 Å². The molecule has 4 heteroatoms. The zero-order valence-corrected chi connectivity index (χ0v) is 11.7. The molecule has 0 aliphatic carbocycles. The smallest absolute Gasteiger partial charge is 0.224 e. The highest BCUT2D eigenvalue weighted by Gasteiger charge is 2.05. The summed E-state index contributed by atoms with van der Waals surface area (Å²) in [5, 5.41) is 11.8. The lowest BCUT2D eigenvalue weighted by Gasteiger charge is -2.09. The van der Waals surface area contributed by atoms with Crippen molar-refractivity contribution in [3.05, 3.63) is 29.8 Å². The monoisotopic (exact) mass is 265 g/mol. The van der Waals surface area contributed by atoms with E-state index in [0.717, 1.165) is 24.2 Å². The molecule has 1 unspecified atom stereocenters. The van der Waals surface area contributed by atoms with Crippen molar-refractivity contribution in [1.82, 2.24) is 5.32 Å². The van der Waals surface area contributed by atoms with E-state index in [1.165, 1.54) is 0 Å². The van der Waals surface area contributed by atoms with E-state index >= 15 is 0 Å². The minimum absolute atomic E-state index is 0.0184. The largest absolute Gasteiger partial charge is 0.497 e. The van der Waals surface area contributed by atoms with Crippen molar-refractivity contribution in [1.29, 1.82) is 0 Å². The van der Waals surface area contributed by atoms with Gasteiger partial charge in [-0.1, -0.05) is 19.1 Å². The molecule has 1 aromatic carbocycles. The van der Waals surface area contributed by atoms with Gasteiger partial charge in [0, 0.05) is 13.2 Å². The Bertz CT molecular complexity index is 393. The molecule has 1 aromatic rings. The molecule has 0 aromatic heterocycles. The topological polar surface area (TPSA) is 58.6 Å². The molecule has 1 rings (SSSR count). The van der Waals surface area contributed by atoms with Gasteiger partial charge in [0.05, 0.1) is 13.5 Å². The van der Waals surface area contributed by atoms with Crippen molar-refractivity contribution in [3.63, 3.8) is 0 Å². The molecular formula is C15H23NO3. The second-order valence-corrected chi connectivity index (χ2v) is 4.81. The maximum atomic E-state index is 11.7. The fourth-order valence-corrected chi connectivity index (χ4v) is 1.80. The first-order valence-corrected chi connectivity index (χ1v) is 6.66. The maximum absolute atomic E-state index is 11.7. The molecule has 0 aliphatic heterocycles. The Hall–Kier alpha value is -1.55. The van der Waals surface area contributed by atoms with Gasteiger partial charge in [0.25, 0.3) is 0 Å². The van der Waals surface area contributed by atoms with Crippen LogP contribution < -0.4 is 10.1 Å². The van der Waals surface area contributed by atoms with Gasteiger partial charge >= 0.3 is 0 Å². The van der Waals surface area contributed by atoms with Crippen LogP contribution in [0.2, 0.25) is 0 Å². The van der Waals surface area contributed by atoms with Gasteiger partial charge in [0.15, 0.2) is 0 Å². The van der Waals surface area contributed by atoms with E-state index in [2.05, 4.69) is 5.32 Å². The molecule has 0 radical (unpaired) electrons. The second-order valence-electron chi connectivity index (χ2n) is 4.81. The lowest BCUT2D eigenvalue weighted by molar-refractivity contribution is -0.120. The Morgan fingerprint density at radius 2 is 2.26 bits per heavy atom. The number of nitrogens with one attached hydrogen (secondary N) is 1. The molecule has 1 amide bonds. The molecule has 0 heterocycles. The van der Waals surface area contributed by atoms with E-state index in [9.17, 15) is 4.79 Å². The molecule has 0 saturated heterocycles. The molecule has 0 saturated carbocycles. The van der Waals surface area contributed by atoms with E-state index in [-0.39, 0.29) is 12.5 Å². The second kappa shape index (κ2) is 8.53. The van der Waals surface area contributed by atoms with Crippen molar-refractivity contribution in [2.75, 3.05) is 20.3 Å². The van der Waals surface area contributed by atoms with Crippen molar-refractivity contribution in [2.24, 2.45) is 5.92 Å². The third-order valence-electron chi connectivity index (χ3n) is 3.01. The summed E-state index contributed by atoms with van der Waals surface area (Å²) in [7, 11) is 1.61. The predicted molar refractivity (Wildman–Crippen MR) is 75.2 cm³/mol. The fourth-order valence-electron chi connectivity index (χ4n) is 1.80. The normalized spacial score (nSPS) is 11.9. The van der Waals surface area contributed by atoms with E-state index in [1.807, 2.05) is 31.2 Å². The Morgan fingerprint density at radius 1 is 1.47 bits per heavy atom. The van der Waals surface area contributed by atoms with Crippen LogP contribution in [-0.2, 0) is 11.2 Å². The summed E-state index contributed by atoms with van der Waals surface area (Å²) >= 11 is 0. The zero-order chi connectivity index (χ0) is 14.1. The number of aliphatic hydroxyl groups is 1. The Kier molecular flexibility index (Phi) is 6.97. The summed E-state index contributed by atoms with van der Waals surface area (Å²) in [6.45, 7) is 2.86. The van der Waals surface area contributed by atoms with Crippen LogP contribution in [0.1, 0.15) is 25.3 Å². The number of rotatable bonds is 8. The Morgan fingerprint density at radius 3 is 2.95 bits per heavy atom. The number of ether oxygens (including phenoxy) is 1. The molecule has 2 N–H and O–H groups in total. The van der Waals surface area contributed by atoms with Gasteiger partial charge in [0.1, 0.15) is 5.75 Å². The Labute approximate surface area is 114 Å². The first kappa shape index (κ1) is 15.5. The van der Waals surface area contributed by atoms with Crippen molar-refractivity contribution in [3.8, 4) is 5.75 Å². The number of hydrogen-bond donors (Lipinski definition) is 2. The van der Waals surface area contributed by atoms with Crippen molar-refractivity contribution < 1.29 is 14.6 Å². The molecule has 0 spiro atoms. The first-order chi connectivity index (χ1) is 9.15. The van der Waals surface area contributed by atoms with Gasteiger partial charge in [-0.25, -0.2) is 0 Å².